The maximum absolute atomic E-state index is 10.8. The molecule has 20 heavy (non-hydrogen) atoms. The first-order valence-electron chi connectivity index (χ1n) is 6.23. The van der Waals surface area contributed by atoms with Crippen molar-refractivity contribution in [3.8, 4) is 11.5 Å². The van der Waals surface area contributed by atoms with Crippen molar-refractivity contribution in [1.29, 1.82) is 0 Å². The highest BCUT2D eigenvalue weighted by atomic mass is 79.9. The number of rotatable bonds is 8. The van der Waals surface area contributed by atoms with Gasteiger partial charge >= 0.3 is 0 Å². The minimum Gasteiger partial charge on any atom is -0.493 e. The number of hydrogen-bond donors (Lipinski definition) is 1. The summed E-state index contributed by atoms with van der Waals surface area (Å²) in [6, 6.07) is 3.20. The summed E-state index contributed by atoms with van der Waals surface area (Å²) in [5.41, 5.74) is 0.477. The highest BCUT2D eigenvalue weighted by Gasteiger charge is 2.14. The Labute approximate surface area is 127 Å². The second kappa shape index (κ2) is 8.24. The van der Waals surface area contributed by atoms with Crippen LogP contribution in [0, 0.1) is 0 Å². The topological polar surface area (TPSA) is 65.0 Å². The molecule has 112 valence electrons. The van der Waals surface area contributed by atoms with Gasteiger partial charge in [-0.1, -0.05) is 0 Å². The zero-order valence-corrected chi connectivity index (χ0v) is 13.3. The van der Waals surface area contributed by atoms with Gasteiger partial charge in [0.2, 0.25) is 0 Å². The van der Waals surface area contributed by atoms with Crippen molar-refractivity contribution in [3.05, 3.63) is 22.2 Å². The van der Waals surface area contributed by atoms with Crippen molar-refractivity contribution in [1.82, 2.24) is 0 Å². The second-order valence-electron chi connectivity index (χ2n) is 4.50. The predicted molar refractivity (Wildman–Crippen MR) is 78.7 cm³/mol. The van der Waals surface area contributed by atoms with Gasteiger partial charge in [-0.25, -0.2) is 0 Å². The Bertz CT molecular complexity index is 447. The molecule has 0 aliphatic rings. The third kappa shape index (κ3) is 5.11. The summed E-state index contributed by atoms with van der Waals surface area (Å²) < 4.78 is 16.6. The van der Waals surface area contributed by atoms with Crippen LogP contribution < -0.4 is 9.47 Å². The summed E-state index contributed by atoms with van der Waals surface area (Å²) in [7, 11) is 1.49. The number of aliphatic hydroxyl groups is 1. The molecule has 1 aromatic carbocycles. The van der Waals surface area contributed by atoms with E-state index in [1.165, 1.54) is 7.11 Å². The van der Waals surface area contributed by atoms with Crippen LogP contribution in [0.4, 0.5) is 0 Å². The first-order chi connectivity index (χ1) is 9.47. The minimum absolute atomic E-state index is 0.0535. The summed E-state index contributed by atoms with van der Waals surface area (Å²) in [4.78, 5) is 10.8. The Balaban J connectivity index is 2.69. The fourth-order valence-corrected chi connectivity index (χ4v) is 2.05. The number of ether oxygens (including phenoxy) is 3. The number of methoxy groups -OCH3 is 1. The van der Waals surface area contributed by atoms with Crippen molar-refractivity contribution in [2.75, 3.05) is 20.3 Å². The molecule has 0 fully saturated rings. The van der Waals surface area contributed by atoms with E-state index in [-0.39, 0.29) is 19.3 Å². The molecule has 0 saturated carbocycles. The fraction of sp³-hybridized carbons (Fsp3) is 0.500. The van der Waals surface area contributed by atoms with Crippen LogP contribution in [0.5, 0.6) is 11.5 Å². The van der Waals surface area contributed by atoms with Crippen LogP contribution in [0.15, 0.2) is 16.6 Å². The molecule has 0 aliphatic heterocycles. The largest absolute Gasteiger partial charge is 0.493 e. The van der Waals surface area contributed by atoms with Gasteiger partial charge in [-0.05, 0) is 41.9 Å². The highest BCUT2D eigenvalue weighted by Crippen LogP contribution is 2.36. The van der Waals surface area contributed by atoms with Crippen LogP contribution in [-0.2, 0) is 4.74 Å². The number of hydrogen-bond acceptors (Lipinski definition) is 5. The van der Waals surface area contributed by atoms with Crippen LogP contribution >= 0.6 is 15.9 Å². The summed E-state index contributed by atoms with van der Waals surface area (Å²) in [6.45, 7) is 4.06. The van der Waals surface area contributed by atoms with Crippen LogP contribution in [0.25, 0.3) is 0 Å². The van der Waals surface area contributed by atoms with Gasteiger partial charge in [-0.2, -0.15) is 0 Å². The lowest BCUT2D eigenvalue weighted by Gasteiger charge is -2.17. The average Bonchev–Trinajstić information content (AvgIpc) is 2.42. The first-order valence-corrected chi connectivity index (χ1v) is 7.02. The number of carbonyl (C=O) groups is 1. The van der Waals surface area contributed by atoms with E-state index in [1.807, 2.05) is 13.8 Å². The first kappa shape index (κ1) is 16.9. The lowest BCUT2D eigenvalue weighted by molar-refractivity contribution is -0.0126. The maximum Gasteiger partial charge on any atom is 0.175 e. The van der Waals surface area contributed by atoms with E-state index < -0.39 is 6.10 Å². The Morgan fingerprint density at radius 3 is 2.60 bits per heavy atom. The number of aliphatic hydroxyl groups excluding tert-OH is 1. The van der Waals surface area contributed by atoms with E-state index in [0.717, 1.165) is 6.29 Å². The molecule has 6 heteroatoms. The molecule has 5 nitrogen and oxygen atoms in total. The molecule has 1 N–H and O–H groups in total. The van der Waals surface area contributed by atoms with E-state index in [2.05, 4.69) is 15.9 Å². The van der Waals surface area contributed by atoms with Gasteiger partial charge in [-0.15, -0.1) is 0 Å². The molecule has 0 spiro atoms. The van der Waals surface area contributed by atoms with Gasteiger partial charge in [0.1, 0.15) is 19.0 Å². The standard InChI is InChI=1S/C14H19BrO5/c1-9(2)19-7-11(17)8-20-14-12(15)4-10(6-16)5-13(14)18-3/h4-6,9,11,17H,7-8H2,1-3H3. The van der Waals surface area contributed by atoms with Gasteiger partial charge in [0.05, 0.1) is 24.3 Å². The van der Waals surface area contributed by atoms with Crippen molar-refractivity contribution >= 4 is 22.2 Å². The van der Waals surface area contributed by atoms with E-state index in [9.17, 15) is 9.90 Å². The van der Waals surface area contributed by atoms with Crippen LogP contribution in [0.2, 0.25) is 0 Å². The van der Waals surface area contributed by atoms with Crippen molar-refractivity contribution in [2.45, 2.75) is 26.1 Å². The summed E-state index contributed by atoms with van der Waals surface area (Å²) in [6.07, 6.45) is 0.0418. The molecule has 1 aromatic rings. The predicted octanol–water partition coefficient (Wildman–Crippen LogP) is 2.43. The molecule has 0 heterocycles. The van der Waals surface area contributed by atoms with E-state index in [1.54, 1.807) is 12.1 Å². The van der Waals surface area contributed by atoms with Crippen molar-refractivity contribution in [2.24, 2.45) is 0 Å². The van der Waals surface area contributed by atoms with Crippen LogP contribution in [0.1, 0.15) is 24.2 Å². The van der Waals surface area contributed by atoms with E-state index >= 15 is 0 Å². The lowest BCUT2D eigenvalue weighted by Crippen LogP contribution is -2.25. The minimum atomic E-state index is -0.736. The van der Waals surface area contributed by atoms with Gasteiger partial charge in [-0.3, -0.25) is 4.79 Å². The molecule has 0 radical (unpaired) electrons. The zero-order valence-electron chi connectivity index (χ0n) is 11.8. The molecule has 0 amide bonds. The molecular formula is C14H19BrO5. The summed E-state index contributed by atoms with van der Waals surface area (Å²) in [5.74, 6) is 0.875. The molecule has 1 rings (SSSR count). The smallest absolute Gasteiger partial charge is 0.175 e. The summed E-state index contributed by atoms with van der Waals surface area (Å²) in [5, 5.41) is 9.75. The van der Waals surface area contributed by atoms with Crippen molar-refractivity contribution in [3.63, 3.8) is 0 Å². The zero-order chi connectivity index (χ0) is 15.1. The normalized spacial score (nSPS) is 12.3. The van der Waals surface area contributed by atoms with E-state index in [0.29, 0.717) is 21.5 Å². The van der Waals surface area contributed by atoms with Gasteiger partial charge in [0, 0.05) is 5.56 Å². The SMILES string of the molecule is COc1cc(C=O)cc(Br)c1OCC(O)COC(C)C. The number of aldehydes is 1. The highest BCUT2D eigenvalue weighted by molar-refractivity contribution is 9.10. The fourth-order valence-electron chi connectivity index (χ4n) is 1.48. The van der Waals surface area contributed by atoms with Crippen molar-refractivity contribution < 1.29 is 24.1 Å². The average molecular weight is 347 g/mol. The summed E-state index contributed by atoms with van der Waals surface area (Å²) >= 11 is 3.32. The molecule has 0 aliphatic carbocycles. The van der Waals surface area contributed by atoms with E-state index in [4.69, 9.17) is 14.2 Å². The van der Waals surface area contributed by atoms with Crippen LogP contribution in [-0.4, -0.2) is 43.9 Å². The number of halogens is 1. The third-order valence-corrected chi connectivity index (χ3v) is 3.02. The molecule has 1 unspecified atom stereocenters. The Morgan fingerprint density at radius 1 is 1.35 bits per heavy atom. The second-order valence-corrected chi connectivity index (χ2v) is 5.35. The molecule has 0 saturated heterocycles. The van der Waals surface area contributed by atoms with Gasteiger partial charge in [0.25, 0.3) is 0 Å². The van der Waals surface area contributed by atoms with Crippen LogP contribution in [0.3, 0.4) is 0 Å². The molecule has 0 aromatic heterocycles. The maximum atomic E-state index is 10.8. The molecular weight excluding hydrogens is 328 g/mol. The van der Waals surface area contributed by atoms with Gasteiger partial charge in [0.15, 0.2) is 11.5 Å². The Kier molecular flexibility index (Phi) is 6.98. The molecule has 1 atom stereocenters. The monoisotopic (exact) mass is 346 g/mol. The Morgan fingerprint density at radius 2 is 2.05 bits per heavy atom. The number of benzene rings is 1. The lowest BCUT2D eigenvalue weighted by atomic mass is 10.2. The Hall–Kier alpha value is -1.11. The quantitative estimate of drug-likeness (QED) is 0.732. The molecule has 0 bridgehead atoms. The number of carbonyl (C=O) groups excluding carboxylic acids is 1. The third-order valence-electron chi connectivity index (χ3n) is 2.43. The van der Waals surface area contributed by atoms with Gasteiger partial charge < -0.3 is 19.3 Å².